The molecule has 0 atom stereocenters. The lowest BCUT2D eigenvalue weighted by atomic mass is 9.64. The summed E-state index contributed by atoms with van der Waals surface area (Å²) in [5, 5.41) is 19.0. The molecule has 1 fully saturated rings. The van der Waals surface area contributed by atoms with Crippen LogP contribution in [0.25, 0.3) is 0 Å². The van der Waals surface area contributed by atoms with Crippen LogP contribution >= 0.6 is 0 Å². The lowest BCUT2D eigenvalue weighted by Gasteiger charge is -2.31. The Bertz CT molecular complexity index is 105. The average Bonchev–Trinajstić information content (AvgIpc) is 2.16. The molecule has 0 unspecified atom stereocenters. The minimum Gasteiger partial charge on any atom is -0.342 e. The number of hydrogen-bond acceptors (Lipinski definition) is 6. The molecule has 0 aliphatic carbocycles. The van der Waals surface area contributed by atoms with Gasteiger partial charge in [-0.05, 0) is 21.1 Å². The van der Waals surface area contributed by atoms with Crippen LogP contribution in [0.1, 0.15) is 0 Å². The summed E-state index contributed by atoms with van der Waals surface area (Å²) in [5.74, 6) is 0. The molecule has 1 aliphatic heterocycles. The van der Waals surface area contributed by atoms with Crippen LogP contribution in [0.15, 0.2) is 0 Å². The van der Waals surface area contributed by atoms with Crippen molar-refractivity contribution in [2.75, 3.05) is 21.1 Å². The molecule has 1 aliphatic rings. The smallest absolute Gasteiger partial charge is 0.342 e. The van der Waals surface area contributed by atoms with Crippen molar-refractivity contribution >= 4 is 21.4 Å². The van der Waals surface area contributed by atoms with Gasteiger partial charge in [-0.15, -0.1) is 0 Å². The molecule has 0 bridgehead atoms. The highest BCUT2D eigenvalue weighted by Gasteiger charge is 2.33. The molecule has 0 aromatic carbocycles. The summed E-state index contributed by atoms with van der Waals surface area (Å²) in [6.45, 7) is 0. The molecule has 1 rings (SSSR count). The zero-order valence-corrected chi connectivity index (χ0v) is 7.73. The molecular weight excluding hydrogens is 153 g/mol. The van der Waals surface area contributed by atoms with Gasteiger partial charge in [-0.3, -0.25) is 0 Å². The maximum Gasteiger partial charge on any atom is 0.376 e. The van der Waals surface area contributed by atoms with E-state index in [9.17, 15) is 0 Å². The van der Waals surface area contributed by atoms with Gasteiger partial charge in [0.05, 0.1) is 0 Å². The second-order valence-corrected chi connectivity index (χ2v) is 2.67. The van der Waals surface area contributed by atoms with Gasteiger partial charge in [-0.2, -0.15) is 0 Å². The molecular formula is C3H15B3N6. The third kappa shape index (κ3) is 2.48. The van der Waals surface area contributed by atoms with Crippen molar-refractivity contribution in [3.8, 4) is 0 Å². The minimum absolute atomic E-state index is 0.112. The summed E-state index contributed by atoms with van der Waals surface area (Å²) >= 11 is 0. The summed E-state index contributed by atoms with van der Waals surface area (Å²) in [6.07, 6.45) is 0. The summed E-state index contributed by atoms with van der Waals surface area (Å²) in [4.78, 5) is 0. The van der Waals surface area contributed by atoms with E-state index in [1.54, 1.807) is 0 Å². The summed E-state index contributed by atoms with van der Waals surface area (Å²) in [6, 6.07) is 0. The Morgan fingerprint density at radius 3 is 1.08 bits per heavy atom. The van der Waals surface area contributed by atoms with Crippen LogP contribution < -0.4 is 31.1 Å². The quantitative estimate of drug-likeness (QED) is 0.244. The third-order valence-corrected chi connectivity index (χ3v) is 1.87. The zero-order valence-electron chi connectivity index (χ0n) is 7.73. The molecule has 1 saturated heterocycles. The van der Waals surface area contributed by atoms with Crippen molar-refractivity contribution in [3.05, 3.63) is 0 Å². The van der Waals surface area contributed by atoms with Gasteiger partial charge in [0.1, 0.15) is 0 Å². The maximum absolute atomic E-state index is 3.23. The number of hydrogen-bond donors (Lipinski definition) is 6. The Labute approximate surface area is 74.4 Å². The number of nitrogens with one attached hydrogen (secondary N) is 6. The molecule has 0 saturated carbocycles. The molecule has 0 aromatic heterocycles. The SMILES string of the molecule is CNB1NB(NC)NB(NC)N1. The Morgan fingerprint density at radius 2 is 0.917 bits per heavy atom. The molecule has 0 aromatic rings. The van der Waals surface area contributed by atoms with E-state index in [2.05, 4.69) is 31.1 Å². The second kappa shape index (κ2) is 4.85. The van der Waals surface area contributed by atoms with Crippen molar-refractivity contribution in [3.63, 3.8) is 0 Å². The van der Waals surface area contributed by atoms with E-state index in [0.29, 0.717) is 0 Å². The molecule has 6 N–H and O–H groups in total. The van der Waals surface area contributed by atoms with Crippen LogP contribution in [0.5, 0.6) is 0 Å². The lowest BCUT2D eigenvalue weighted by Crippen LogP contribution is -2.83. The zero-order chi connectivity index (χ0) is 8.97. The van der Waals surface area contributed by atoms with E-state index >= 15 is 0 Å². The van der Waals surface area contributed by atoms with Crippen molar-refractivity contribution < 1.29 is 0 Å². The molecule has 66 valence electrons. The number of rotatable bonds is 3. The lowest BCUT2D eigenvalue weighted by molar-refractivity contribution is 0.957. The summed E-state index contributed by atoms with van der Waals surface area (Å²) in [5.41, 5.74) is 0. The van der Waals surface area contributed by atoms with Gasteiger partial charge in [0.15, 0.2) is 0 Å². The minimum atomic E-state index is 0.112. The second-order valence-electron chi connectivity index (χ2n) is 2.67. The van der Waals surface area contributed by atoms with Crippen LogP contribution in [0.4, 0.5) is 0 Å². The van der Waals surface area contributed by atoms with Crippen LogP contribution in [0.2, 0.25) is 0 Å². The van der Waals surface area contributed by atoms with Gasteiger partial charge < -0.3 is 31.1 Å². The van der Waals surface area contributed by atoms with Crippen LogP contribution in [-0.4, -0.2) is 42.5 Å². The molecule has 9 heteroatoms. The van der Waals surface area contributed by atoms with E-state index in [4.69, 9.17) is 0 Å². The Balaban J connectivity index is 2.41. The van der Waals surface area contributed by atoms with Crippen LogP contribution in [0.3, 0.4) is 0 Å². The first kappa shape index (κ1) is 10.0. The molecule has 6 nitrogen and oxygen atoms in total. The van der Waals surface area contributed by atoms with E-state index in [0.717, 1.165) is 0 Å². The first-order valence-electron chi connectivity index (χ1n) is 4.10. The van der Waals surface area contributed by atoms with Crippen LogP contribution in [-0.2, 0) is 0 Å². The van der Waals surface area contributed by atoms with E-state index in [1.807, 2.05) is 21.1 Å². The first-order valence-corrected chi connectivity index (χ1v) is 4.10. The highest BCUT2D eigenvalue weighted by Crippen LogP contribution is 1.76. The van der Waals surface area contributed by atoms with Gasteiger partial charge in [-0.1, -0.05) is 0 Å². The highest BCUT2D eigenvalue weighted by molar-refractivity contribution is 6.84. The standard InChI is InChI=1S/C3H15B3N6/c1-7-4-10-5(8-2)12-6(9-3)11-4/h7-12H,1-3H3. The molecule has 0 radical (unpaired) electrons. The van der Waals surface area contributed by atoms with Crippen molar-refractivity contribution in [2.24, 2.45) is 0 Å². The highest BCUT2D eigenvalue weighted by atomic mass is 15.2. The fraction of sp³-hybridized carbons (Fsp3) is 1.00. The predicted octanol–water partition coefficient (Wildman–Crippen LogP) is -3.62. The van der Waals surface area contributed by atoms with Gasteiger partial charge in [-0.25, -0.2) is 0 Å². The molecule has 0 spiro atoms. The van der Waals surface area contributed by atoms with E-state index in [1.165, 1.54) is 0 Å². The molecule has 0 amide bonds. The largest absolute Gasteiger partial charge is 0.376 e. The van der Waals surface area contributed by atoms with Gasteiger partial charge in [0.25, 0.3) is 0 Å². The average molecular weight is 168 g/mol. The van der Waals surface area contributed by atoms with Crippen molar-refractivity contribution in [2.45, 2.75) is 0 Å². The van der Waals surface area contributed by atoms with Gasteiger partial charge >= 0.3 is 21.4 Å². The van der Waals surface area contributed by atoms with Gasteiger partial charge in [0, 0.05) is 0 Å². The van der Waals surface area contributed by atoms with Gasteiger partial charge in [0.2, 0.25) is 0 Å². The first-order chi connectivity index (χ1) is 5.80. The van der Waals surface area contributed by atoms with Crippen molar-refractivity contribution in [1.82, 2.24) is 31.1 Å². The monoisotopic (exact) mass is 168 g/mol. The van der Waals surface area contributed by atoms with E-state index < -0.39 is 0 Å². The Morgan fingerprint density at radius 1 is 0.667 bits per heavy atom. The summed E-state index contributed by atoms with van der Waals surface area (Å²) in [7, 11) is 6.03. The molecule has 1 heterocycles. The van der Waals surface area contributed by atoms with Crippen LogP contribution in [0, 0.1) is 0 Å². The Hall–Kier alpha value is -0.0452. The normalized spacial score (nSPS) is 18.8. The topological polar surface area (TPSA) is 72.2 Å². The Kier molecular flexibility index (Phi) is 4.06. The van der Waals surface area contributed by atoms with Crippen molar-refractivity contribution in [1.29, 1.82) is 0 Å². The maximum atomic E-state index is 3.23. The fourth-order valence-corrected chi connectivity index (χ4v) is 1.14. The predicted molar refractivity (Wildman–Crippen MR) is 53.8 cm³/mol. The van der Waals surface area contributed by atoms with E-state index in [-0.39, 0.29) is 21.4 Å². The fourth-order valence-electron chi connectivity index (χ4n) is 1.14. The third-order valence-electron chi connectivity index (χ3n) is 1.87. The summed E-state index contributed by atoms with van der Waals surface area (Å²) < 4.78 is 0. The molecule has 12 heavy (non-hydrogen) atoms.